The molecular weight excluding hydrogens is 258 g/mol. The van der Waals surface area contributed by atoms with Crippen molar-refractivity contribution in [3.8, 4) is 6.07 Å². The second kappa shape index (κ2) is 6.12. The first-order valence-corrected chi connectivity index (χ1v) is 6.78. The molecular formula is C14H13N3OS. The summed E-state index contributed by atoms with van der Waals surface area (Å²) in [7, 11) is 0. The maximum atomic E-state index is 12.2. The molecule has 1 aromatic heterocycles. The zero-order valence-electron chi connectivity index (χ0n) is 10.5. The van der Waals surface area contributed by atoms with E-state index < -0.39 is 0 Å². The molecule has 0 aliphatic heterocycles. The molecule has 1 heterocycles. The summed E-state index contributed by atoms with van der Waals surface area (Å²) < 4.78 is 0. The van der Waals surface area contributed by atoms with E-state index in [-0.39, 0.29) is 11.8 Å². The van der Waals surface area contributed by atoms with Crippen molar-refractivity contribution < 1.29 is 4.79 Å². The highest BCUT2D eigenvalue weighted by Gasteiger charge is 2.19. The van der Waals surface area contributed by atoms with Crippen molar-refractivity contribution in [1.29, 1.82) is 5.26 Å². The first-order chi connectivity index (χ1) is 9.24. The van der Waals surface area contributed by atoms with Crippen LogP contribution in [0.25, 0.3) is 0 Å². The van der Waals surface area contributed by atoms with Gasteiger partial charge in [-0.2, -0.15) is 5.26 Å². The molecule has 0 aliphatic carbocycles. The highest BCUT2D eigenvalue weighted by molar-refractivity contribution is 7.16. The second-order valence-corrected chi connectivity index (χ2v) is 5.03. The predicted molar refractivity (Wildman–Crippen MR) is 74.9 cm³/mol. The topological polar surface area (TPSA) is 65.8 Å². The van der Waals surface area contributed by atoms with Crippen LogP contribution in [0.15, 0.2) is 36.5 Å². The summed E-state index contributed by atoms with van der Waals surface area (Å²) >= 11 is 1.18. The van der Waals surface area contributed by atoms with Crippen LogP contribution in [-0.4, -0.2) is 10.9 Å². The van der Waals surface area contributed by atoms with Crippen molar-refractivity contribution >= 4 is 22.4 Å². The molecule has 0 bridgehead atoms. The minimum Gasteiger partial charge on any atom is -0.301 e. The molecule has 1 aromatic carbocycles. The molecule has 0 fully saturated rings. The normalized spacial score (nSPS) is 11.6. The van der Waals surface area contributed by atoms with Crippen LogP contribution in [0.5, 0.6) is 0 Å². The lowest BCUT2D eigenvalue weighted by atomic mass is 9.96. The second-order valence-electron chi connectivity index (χ2n) is 4.00. The minimum absolute atomic E-state index is 0.0902. The Morgan fingerprint density at radius 1 is 1.47 bits per heavy atom. The van der Waals surface area contributed by atoms with E-state index in [0.717, 1.165) is 5.56 Å². The van der Waals surface area contributed by atoms with Gasteiger partial charge in [-0.25, -0.2) is 4.98 Å². The van der Waals surface area contributed by atoms with Crippen LogP contribution in [0.3, 0.4) is 0 Å². The van der Waals surface area contributed by atoms with Gasteiger partial charge in [0.2, 0.25) is 5.91 Å². The fraction of sp³-hybridized carbons (Fsp3) is 0.214. The van der Waals surface area contributed by atoms with E-state index in [0.29, 0.717) is 16.4 Å². The Balaban J connectivity index is 2.12. The molecule has 4 nitrogen and oxygen atoms in total. The summed E-state index contributed by atoms with van der Waals surface area (Å²) in [6.07, 6.45) is 2.18. The zero-order chi connectivity index (χ0) is 13.7. The third-order valence-corrected chi connectivity index (χ3v) is 3.59. The molecule has 0 spiro atoms. The maximum absolute atomic E-state index is 12.2. The number of nitrogens with zero attached hydrogens (tertiary/aromatic N) is 2. The zero-order valence-corrected chi connectivity index (χ0v) is 11.3. The van der Waals surface area contributed by atoms with Crippen LogP contribution in [0.2, 0.25) is 0 Å². The molecule has 5 heteroatoms. The van der Waals surface area contributed by atoms with Crippen LogP contribution in [-0.2, 0) is 4.79 Å². The van der Waals surface area contributed by atoms with Gasteiger partial charge in [0.1, 0.15) is 10.9 Å². The Morgan fingerprint density at radius 2 is 2.21 bits per heavy atom. The summed E-state index contributed by atoms with van der Waals surface area (Å²) in [5.74, 6) is -0.289. The lowest BCUT2D eigenvalue weighted by molar-refractivity contribution is -0.117. The highest BCUT2D eigenvalue weighted by atomic mass is 32.1. The van der Waals surface area contributed by atoms with Crippen LogP contribution in [0.1, 0.15) is 29.7 Å². The quantitative estimate of drug-likeness (QED) is 0.929. The molecule has 2 aromatic rings. The van der Waals surface area contributed by atoms with Gasteiger partial charge >= 0.3 is 0 Å². The number of nitrogens with one attached hydrogen (secondary N) is 1. The third-order valence-electron chi connectivity index (χ3n) is 2.77. The van der Waals surface area contributed by atoms with E-state index in [1.807, 2.05) is 43.3 Å². The summed E-state index contributed by atoms with van der Waals surface area (Å²) in [5, 5.41) is 12.0. The van der Waals surface area contributed by atoms with Crippen molar-refractivity contribution in [3.05, 3.63) is 47.0 Å². The molecule has 96 valence electrons. The van der Waals surface area contributed by atoms with E-state index in [2.05, 4.69) is 10.3 Å². The van der Waals surface area contributed by atoms with Gasteiger partial charge in [0.25, 0.3) is 0 Å². The van der Waals surface area contributed by atoms with Gasteiger partial charge < -0.3 is 5.32 Å². The van der Waals surface area contributed by atoms with Crippen molar-refractivity contribution in [2.24, 2.45) is 0 Å². The Labute approximate surface area is 115 Å². The largest absolute Gasteiger partial charge is 0.301 e. The summed E-state index contributed by atoms with van der Waals surface area (Å²) in [6, 6.07) is 11.6. The average Bonchev–Trinajstić information content (AvgIpc) is 2.88. The lowest BCUT2D eigenvalue weighted by Crippen LogP contribution is -2.20. The average molecular weight is 271 g/mol. The molecule has 19 heavy (non-hydrogen) atoms. The number of hydrogen-bond acceptors (Lipinski definition) is 4. The van der Waals surface area contributed by atoms with Crippen molar-refractivity contribution in [2.75, 3.05) is 5.32 Å². The monoisotopic (exact) mass is 271 g/mol. The van der Waals surface area contributed by atoms with Crippen molar-refractivity contribution in [2.45, 2.75) is 19.3 Å². The number of amides is 1. The standard InChI is InChI=1S/C14H13N3OS/c1-2-12(10-6-4-3-5-7-10)13(18)17-14-16-9-11(8-15)19-14/h3-7,9,12H,2H2,1H3,(H,16,17,18). The minimum atomic E-state index is -0.198. The van der Waals surface area contributed by atoms with Crippen LogP contribution < -0.4 is 5.32 Å². The molecule has 0 aliphatic rings. The first kappa shape index (κ1) is 13.2. The highest BCUT2D eigenvalue weighted by Crippen LogP contribution is 2.23. The van der Waals surface area contributed by atoms with E-state index in [1.165, 1.54) is 17.5 Å². The number of anilines is 1. The number of benzene rings is 1. The first-order valence-electron chi connectivity index (χ1n) is 5.96. The molecule has 1 amide bonds. The van der Waals surface area contributed by atoms with E-state index in [9.17, 15) is 4.79 Å². The molecule has 2 rings (SSSR count). The molecule has 1 unspecified atom stereocenters. The van der Waals surface area contributed by atoms with Crippen LogP contribution in [0, 0.1) is 11.3 Å². The molecule has 0 saturated heterocycles. The van der Waals surface area contributed by atoms with E-state index in [1.54, 1.807) is 0 Å². The summed E-state index contributed by atoms with van der Waals surface area (Å²) in [4.78, 5) is 16.7. The third kappa shape index (κ3) is 3.18. The Bertz CT molecular complexity index is 601. The summed E-state index contributed by atoms with van der Waals surface area (Å²) in [6.45, 7) is 1.97. The van der Waals surface area contributed by atoms with Gasteiger partial charge in [-0.3, -0.25) is 4.79 Å². The fourth-order valence-corrected chi connectivity index (χ4v) is 2.45. The lowest BCUT2D eigenvalue weighted by Gasteiger charge is -2.13. The number of carbonyl (C=O) groups is 1. The summed E-state index contributed by atoms with van der Waals surface area (Å²) in [5.41, 5.74) is 0.986. The van der Waals surface area contributed by atoms with Gasteiger partial charge in [-0.05, 0) is 12.0 Å². The predicted octanol–water partition coefficient (Wildman–Crippen LogP) is 3.15. The Kier molecular flexibility index (Phi) is 4.26. The molecule has 0 saturated carbocycles. The Hall–Kier alpha value is -2.19. The SMILES string of the molecule is CCC(C(=O)Nc1ncc(C#N)s1)c1ccccc1. The van der Waals surface area contributed by atoms with Gasteiger partial charge in [-0.1, -0.05) is 48.6 Å². The maximum Gasteiger partial charge on any atom is 0.233 e. The van der Waals surface area contributed by atoms with E-state index in [4.69, 9.17) is 5.26 Å². The van der Waals surface area contributed by atoms with Crippen molar-refractivity contribution in [1.82, 2.24) is 4.98 Å². The number of rotatable bonds is 4. The number of aromatic nitrogens is 1. The number of nitriles is 1. The van der Waals surface area contributed by atoms with Crippen LogP contribution in [0.4, 0.5) is 5.13 Å². The van der Waals surface area contributed by atoms with Gasteiger partial charge in [0.05, 0.1) is 12.1 Å². The molecule has 1 atom stereocenters. The smallest absolute Gasteiger partial charge is 0.233 e. The van der Waals surface area contributed by atoms with Crippen molar-refractivity contribution in [3.63, 3.8) is 0 Å². The molecule has 1 N–H and O–H groups in total. The van der Waals surface area contributed by atoms with Crippen LogP contribution >= 0.6 is 11.3 Å². The van der Waals surface area contributed by atoms with E-state index >= 15 is 0 Å². The fourth-order valence-electron chi connectivity index (χ4n) is 1.83. The molecule has 0 radical (unpaired) electrons. The number of hydrogen-bond donors (Lipinski definition) is 1. The van der Waals surface area contributed by atoms with Gasteiger partial charge in [0, 0.05) is 0 Å². The van der Waals surface area contributed by atoms with Gasteiger partial charge in [0.15, 0.2) is 5.13 Å². The number of carbonyl (C=O) groups excluding carboxylic acids is 1. The number of thiazole rings is 1. The van der Waals surface area contributed by atoms with Gasteiger partial charge in [-0.15, -0.1) is 0 Å². The Morgan fingerprint density at radius 3 is 2.79 bits per heavy atom.